The largest absolute Gasteiger partial charge is 0.406 e. The molecule has 0 aliphatic rings. The molecule has 2 heterocycles. The number of aromatic amines is 1. The van der Waals surface area contributed by atoms with Gasteiger partial charge in [0, 0.05) is 16.9 Å². The second-order valence-corrected chi connectivity index (χ2v) is 15.2. The maximum absolute atomic E-state index is 12.2. The van der Waals surface area contributed by atoms with Crippen molar-refractivity contribution in [2.75, 3.05) is 6.61 Å². The van der Waals surface area contributed by atoms with Crippen molar-refractivity contribution in [1.29, 1.82) is 0 Å². The highest BCUT2D eigenvalue weighted by molar-refractivity contribution is 7.18. The van der Waals surface area contributed by atoms with Gasteiger partial charge in [-0.1, -0.05) is 95.3 Å². The van der Waals surface area contributed by atoms with Gasteiger partial charge >= 0.3 is 0 Å². The smallest absolute Gasteiger partial charge is 0.261 e. The van der Waals surface area contributed by atoms with E-state index >= 15 is 0 Å². The third-order valence-corrected chi connectivity index (χ3v) is 12.5. The quantitative estimate of drug-likeness (QED) is 0.417. The van der Waals surface area contributed by atoms with E-state index < -0.39 is 8.32 Å². The van der Waals surface area contributed by atoms with Crippen LogP contribution in [0.15, 0.2) is 77.9 Å². The first kappa shape index (κ1) is 22.6. The van der Waals surface area contributed by atoms with Crippen LogP contribution in [0.2, 0.25) is 5.04 Å². The first-order valence-electron chi connectivity index (χ1n) is 10.9. The second-order valence-electron chi connectivity index (χ2n) is 9.90. The molecule has 6 heteroatoms. The number of hydrogen-bond acceptors (Lipinski definition) is 4. The van der Waals surface area contributed by atoms with E-state index in [1.807, 2.05) is 6.07 Å². The molecule has 2 aromatic heterocycles. The van der Waals surface area contributed by atoms with E-state index in [0.717, 1.165) is 9.71 Å². The van der Waals surface area contributed by atoms with E-state index in [4.69, 9.17) is 4.43 Å². The van der Waals surface area contributed by atoms with Crippen LogP contribution in [0.25, 0.3) is 10.2 Å². The number of benzene rings is 2. The van der Waals surface area contributed by atoms with Crippen LogP contribution < -0.4 is 15.9 Å². The van der Waals surface area contributed by atoms with Gasteiger partial charge in [0.05, 0.1) is 11.7 Å². The highest BCUT2D eigenvalue weighted by atomic mass is 32.1. The summed E-state index contributed by atoms with van der Waals surface area (Å²) in [5, 5.41) is 3.10. The van der Waals surface area contributed by atoms with E-state index in [1.165, 1.54) is 16.7 Å². The number of H-pyrrole nitrogens is 1. The van der Waals surface area contributed by atoms with Gasteiger partial charge in [-0.05, 0) is 21.5 Å². The van der Waals surface area contributed by atoms with Gasteiger partial charge < -0.3 is 9.41 Å². The summed E-state index contributed by atoms with van der Waals surface area (Å²) in [6.45, 7) is 11.8. The summed E-state index contributed by atoms with van der Waals surface area (Å²) in [7, 11) is -2.62. The van der Waals surface area contributed by atoms with Gasteiger partial charge in [0.1, 0.15) is 4.83 Å². The Morgan fingerprint density at radius 3 is 2.00 bits per heavy atom. The molecule has 0 aliphatic carbocycles. The SMILES string of the molecule is CC(C)(CO[Si](c1ccccc1)(c1ccccc1)C(C)(C)C)c1cc2c(=O)[nH]cnc2s1. The van der Waals surface area contributed by atoms with Crippen molar-refractivity contribution in [3.63, 3.8) is 0 Å². The predicted octanol–water partition coefficient (Wildman–Crippen LogP) is 4.84. The van der Waals surface area contributed by atoms with Crippen LogP contribution in [0.5, 0.6) is 0 Å². The first-order valence-corrected chi connectivity index (χ1v) is 13.6. The molecule has 0 saturated carbocycles. The number of thiophene rings is 1. The van der Waals surface area contributed by atoms with E-state index in [9.17, 15) is 4.79 Å². The number of nitrogens with zero attached hydrogens (tertiary/aromatic N) is 1. The van der Waals surface area contributed by atoms with Crippen molar-refractivity contribution in [2.24, 2.45) is 0 Å². The molecular formula is C26H30N2O2SSi. The molecule has 4 rings (SSSR count). The first-order chi connectivity index (χ1) is 15.1. The van der Waals surface area contributed by atoms with Gasteiger partial charge in [-0.15, -0.1) is 11.3 Å². The summed E-state index contributed by atoms with van der Waals surface area (Å²) in [6.07, 6.45) is 1.47. The minimum atomic E-state index is -2.62. The molecule has 1 N–H and O–H groups in total. The summed E-state index contributed by atoms with van der Waals surface area (Å²) in [5.41, 5.74) is -0.369. The Kier molecular flexibility index (Phi) is 5.96. The van der Waals surface area contributed by atoms with Gasteiger partial charge in [0.2, 0.25) is 0 Å². The molecular weight excluding hydrogens is 432 g/mol. The molecule has 2 aromatic carbocycles. The maximum atomic E-state index is 12.2. The number of aromatic nitrogens is 2. The average molecular weight is 463 g/mol. The van der Waals surface area contributed by atoms with E-state index in [-0.39, 0.29) is 16.0 Å². The summed E-state index contributed by atoms with van der Waals surface area (Å²) in [6, 6.07) is 23.3. The zero-order chi connectivity index (χ0) is 23.0. The fraction of sp³-hybridized carbons (Fsp3) is 0.308. The lowest BCUT2D eigenvalue weighted by Gasteiger charge is -2.44. The lowest BCUT2D eigenvalue weighted by molar-refractivity contribution is 0.229. The van der Waals surface area contributed by atoms with Gasteiger partial charge in [-0.2, -0.15) is 0 Å². The molecule has 0 fully saturated rings. The highest BCUT2D eigenvalue weighted by Crippen LogP contribution is 2.39. The number of nitrogens with one attached hydrogen (secondary N) is 1. The van der Waals surface area contributed by atoms with Crippen molar-refractivity contribution in [3.05, 3.63) is 88.3 Å². The van der Waals surface area contributed by atoms with Crippen LogP contribution in [0.3, 0.4) is 0 Å². The summed E-state index contributed by atoms with van der Waals surface area (Å²) < 4.78 is 7.15. The lowest BCUT2D eigenvalue weighted by atomic mass is 9.93. The standard InChI is InChI=1S/C26H30N2O2SSi/c1-25(2,3)32(19-12-8-6-9-13-19,20-14-10-7-11-15-20)30-17-26(4,5)22-16-21-23(29)27-18-28-24(21)31-22/h6-16,18H,17H2,1-5H3,(H,27,28,29). The Morgan fingerprint density at radius 2 is 1.50 bits per heavy atom. The van der Waals surface area contributed by atoms with Gasteiger partial charge in [-0.25, -0.2) is 4.98 Å². The summed E-state index contributed by atoms with van der Waals surface area (Å²) in [4.78, 5) is 21.1. The van der Waals surface area contributed by atoms with Crippen molar-refractivity contribution >= 4 is 40.2 Å². The average Bonchev–Trinajstić information content (AvgIpc) is 3.22. The Bertz CT molecular complexity index is 1220. The van der Waals surface area contributed by atoms with Gasteiger partial charge in [-0.3, -0.25) is 4.79 Å². The molecule has 4 nitrogen and oxygen atoms in total. The monoisotopic (exact) mass is 462 g/mol. The second kappa shape index (κ2) is 8.43. The fourth-order valence-electron chi connectivity index (χ4n) is 4.32. The van der Waals surface area contributed by atoms with Gasteiger partial charge in [0.25, 0.3) is 13.9 Å². The molecule has 0 radical (unpaired) electrons. The third-order valence-electron chi connectivity index (χ3n) is 6.07. The predicted molar refractivity (Wildman–Crippen MR) is 137 cm³/mol. The van der Waals surface area contributed by atoms with Crippen LogP contribution >= 0.6 is 11.3 Å². The van der Waals surface area contributed by atoms with Gasteiger partial charge in [0.15, 0.2) is 0 Å². The van der Waals surface area contributed by atoms with E-state index in [1.54, 1.807) is 11.3 Å². The fourth-order valence-corrected chi connectivity index (χ4v) is 10.1. The van der Waals surface area contributed by atoms with Crippen LogP contribution in [0, 0.1) is 0 Å². The van der Waals surface area contributed by atoms with E-state index in [0.29, 0.717) is 12.0 Å². The molecule has 32 heavy (non-hydrogen) atoms. The molecule has 0 amide bonds. The van der Waals surface area contributed by atoms with Crippen LogP contribution in [0.4, 0.5) is 0 Å². The highest BCUT2D eigenvalue weighted by Gasteiger charge is 2.50. The third kappa shape index (κ3) is 3.98. The Morgan fingerprint density at radius 1 is 0.938 bits per heavy atom. The van der Waals surface area contributed by atoms with Crippen molar-refractivity contribution in [1.82, 2.24) is 9.97 Å². The molecule has 4 aromatic rings. The number of hydrogen-bond donors (Lipinski definition) is 1. The van der Waals surface area contributed by atoms with Crippen LogP contribution in [-0.2, 0) is 9.84 Å². The molecule has 0 aliphatic heterocycles. The Balaban J connectivity index is 1.79. The maximum Gasteiger partial charge on any atom is 0.261 e. The minimum Gasteiger partial charge on any atom is -0.406 e. The van der Waals surface area contributed by atoms with E-state index in [2.05, 4.69) is 105 Å². The summed E-state index contributed by atoms with van der Waals surface area (Å²) in [5.74, 6) is 0. The number of rotatable bonds is 6. The Hall–Kier alpha value is -2.54. The summed E-state index contributed by atoms with van der Waals surface area (Å²) >= 11 is 1.57. The topological polar surface area (TPSA) is 55.0 Å². The molecule has 0 atom stereocenters. The van der Waals surface area contributed by atoms with Crippen molar-refractivity contribution in [2.45, 2.75) is 45.1 Å². The van der Waals surface area contributed by atoms with Crippen LogP contribution in [0.1, 0.15) is 39.5 Å². The Labute approximate surface area is 194 Å². The number of fused-ring (bicyclic) bond motifs is 1. The normalized spacial score (nSPS) is 12.9. The molecule has 0 bridgehead atoms. The van der Waals surface area contributed by atoms with Crippen LogP contribution in [-0.4, -0.2) is 24.9 Å². The lowest BCUT2D eigenvalue weighted by Crippen LogP contribution is -2.67. The molecule has 166 valence electrons. The molecule has 0 saturated heterocycles. The zero-order valence-corrected chi connectivity index (χ0v) is 21.1. The molecule has 0 spiro atoms. The minimum absolute atomic E-state index is 0.0787. The molecule has 0 unspecified atom stereocenters. The zero-order valence-electron chi connectivity index (χ0n) is 19.3. The van der Waals surface area contributed by atoms with Crippen molar-refractivity contribution < 1.29 is 4.43 Å². The van der Waals surface area contributed by atoms with Crippen molar-refractivity contribution in [3.8, 4) is 0 Å².